The number of nitrogens with zero attached hydrogens (tertiary/aromatic N) is 2. The van der Waals surface area contributed by atoms with Crippen molar-refractivity contribution in [1.29, 1.82) is 5.26 Å². The highest BCUT2D eigenvalue weighted by Gasteiger charge is 2.24. The lowest BCUT2D eigenvalue weighted by Gasteiger charge is -2.24. The fourth-order valence-corrected chi connectivity index (χ4v) is 1.49. The molecule has 0 bridgehead atoms. The van der Waals surface area contributed by atoms with E-state index >= 15 is 0 Å². The van der Waals surface area contributed by atoms with Crippen LogP contribution in [0.3, 0.4) is 0 Å². The summed E-state index contributed by atoms with van der Waals surface area (Å²) < 4.78 is 4.50. The van der Waals surface area contributed by atoms with E-state index in [1.54, 1.807) is 7.05 Å². The van der Waals surface area contributed by atoms with Gasteiger partial charge in [0.05, 0.1) is 19.6 Å². The van der Waals surface area contributed by atoms with Gasteiger partial charge in [-0.15, -0.1) is 0 Å². The normalized spacial score (nSPS) is 11.6. The zero-order valence-corrected chi connectivity index (χ0v) is 11.4. The van der Waals surface area contributed by atoms with Gasteiger partial charge in [-0.05, 0) is 12.3 Å². The minimum absolute atomic E-state index is 0.204. The van der Waals surface area contributed by atoms with Crippen LogP contribution >= 0.6 is 0 Å². The number of hydrogen-bond acceptors (Lipinski definition) is 4. The monoisotopic (exact) mass is 255 g/mol. The van der Waals surface area contributed by atoms with Gasteiger partial charge in [-0.3, -0.25) is 4.79 Å². The number of likely N-dealkylation sites (N-methyl/N-ethyl adjacent to an activating group) is 1. The molecule has 2 amide bonds. The number of carbonyl (C=O) groups excluding carboxylic acids is 2. The van der Waals surface area contributed by atoms with E-state index in [-0.39, 0.29) is 18.2 Å². The maximum absolute atomic E-state index is 12.1. The van der Waals surface area contributed by atoms with Crippen LogP contribution in [0.15, 0.2) is 0 Å². The zero-order valence-electron chi connectivity index (χ0n) is 11.4. The molecule has 0 radical (unpaired) electrons. The molecule has 0 spiro atoms. The summed E-state index contributed by atoms with van der Waals surface area (Å²) in [5.74, 6) is 0.0600. The first kappa shape index (κ1) is 16.2. The molecule has 1 N–H and O–H groups in total. The predicted molar refractivity (Wildman–Crippen MR) is 66.7 cm³/mol. The van der Waals surface area contributed by atoms with E-state index in [0.717, 1.165) is 0 Å². The van der Waals surface area contributed by atoms with E-state index < -0.39 is 12.1 Å². The van der Waals surface area contributed by atoms with Gasteiger partial charge in [0.2, 0.25) is 5.91 Å². The molecule has 1 atom stereocenters. The van der Waals surface area contributed by atoms with Crippen LogP contribution in [0.1, 0.15) is 26.7 Å². The predicted octanol–water partition coefficient (Wildman–Crippen LogP) is 1.13. The van der Waals surface area contributed by atoms with Crippen LogP contribution < -0.4 is 5.32 Å². The van der Waals surface area contributed by atoms with Crippen molar-refractivity contribution < 1.29 is 14.3 Å². The molecule has 0 saturated heterocycles. The first-order valence-corrected chi connectivity index (χ1v) is 5.88. The van der Waals surface area contributed by atoms with Crippen LogP contribution in [0.4, 0.5) is 4.79 Å². The summed E-state index contributed by atoms with van der Waals surface area (Å²) in [6, 6.07) is 1.37. The second-order valence-corrected chi connectivity index (χ2v) is 4.49. The third-order valence-corrected chi connectivity index (χ3v) is 2.42. The first-order valence-electron chi connectivity index (χ1n) is 5.88. The van der Waals surface area contributed by atoms with Gasteiger partial charge in [-0.1, -0.05) is 13.8 Å². The Kier molecular flexibility index (Phi) is 7.52. The van der Waals surface area contributed by atoms with Gasteiger partial charge in [0.25, 0.3) is 0 Å². The van der Waals surface area contributed by atoms with E-state index in [2.05, 4.69) is 10.1 Å². The maximum atomic E-state index is 12.1. The summed E-state index contributed by atoms with van der Waals surface area (Å²) in [4.78, 5) is 24.7. The van der Waals surface area contributed by atoms with Crippen LogP contribution in [0, 0.1) is 17.2 Å². The van der Waals surface area contributed by atoms with E-state index in [9.17, 15) is 9.59 Å². The highest BCUT2D eigenvalue weighted by molar-refractivity contribution is 5.85. The second-order valence-electron chi connectivity index (χ2n) is 4.49. The van der Waals surface area contributed by atoms with Gasteiger partial charge in [-0.25, -0.2) is 4.79 Å². The van der Waals surface area contributed by atoms with E-state index in [1.807, 2.05) is 19.9 Å². The number of amides is 2. The Balaban J connectivity index is 4.58. The van der Waals surface area contributed by atoms with Gasteiger partial charge >= 0.3 is 6.09 Å². The van der Waals surface area contributed by atoms with Crippen LogP contribution in [0.25, 0.3) is 0 Å². The number of ether oxygens (including phenoxy) is 1. The molecule has 6 nitrogen and oxygen atoms in total. The fourth-order valence-electron chi connectivity index (χ4n) is 1.49. The van der Waals surface area contributed by atoms with Crippen molar-refractivity contribution in [1.82, 2.24) is 10.2 Å². The molecule has 0 aromatic heterocycles. The average Bonchev–Trinajstić information content (AvgIpc) is 2.33. The number of alkyl carbamates (subject to hydrolysis) is 1. The van der Waals surface area contributed by atoms with Crippen LogP contribution in [0.2, 0.25) is 0 Å². The summed E-state index contributed by atoms with van der Waals surface area (Å²) in [5, 5.41) is 11.0. The summed E-state index contributed by atoms with van der Waals surface area (Å²) in [7, 11) is 2.87. The van der Waals surface area contributed by atoms with Crippen molar-refractivity contribution in [3.8, 4) is 6.07 Å². The van der Waals surface area contributed by atoms with Gasteiger partial charge < -0.3 is 15.0 Å². The Morgan fingerprint density at radius 2 is 2.06 bits per heavy atom. The molecule has 1 unspecified atom stereocenters. The third-order valence-electron chi connectivity index (χ3n) is 2.42. The molecular weight excluding hydrogens is 234 g/mol. The van der Waals surface area contributed by atoms with Gasteiger partial charge in [0.1, 0.15) is 6.04 Å². The van der Waals surface area contributed by atoms with Crippen molar-refractivity contribution in [3.63, 3.8) is 0 Å². The number of nitrogens with one attached hydrogen (secondary N) is 1. The number of hydrogen-bond donors (Lipinski definition) is 1. The van der Waals surface area contributed by atoms with Gasteiger partial charge in [0.15, 0.2) is 0 Å². The topological polar surface area (TPSA) is 82.4 Å². The first-order chi connectivity index (χ1) is 8.42. The van der Waals surface area contributed by atoms with Gasteiger partial charge in [0, 0.05) is 13.6 Å². The molecule has 0 saturated carbocycles. The van der Waals surface area contributed by atoms with Crippen LogP contribution in [-0.2, 0) is 9.53 Å². The molecule has 0 aromatic rings. The minimum Gasteiger partial charge on any atom is -0.453 e. The molecule has 0 aliphatic carbocycles. The lowest BCUT2D eigenvalue weighted by molar-refractivity contribution is -0.132. The van der Waals surface area contributed by atoms with Crippen molar-refractivity contribution >= 4 is 12.0 Å². The fraction of sp³-hybridized carbons (Fsp3) is 0.750. The molecule has 0 aliphatic heterocycles. The smallest absolute Gasteiger partial charge is 0.407 e. The Hall–Kier alpha value is -1.77. The van der Waals surface area contributed by atoms with Crippen molar-refractivity contribution in [2.24, 2.45) is 5.92 Å². The van der Waals surface area contributed by atoms with Crippen LogP contribution in [0.5, 0.6) is 0 Å². The summed E-state index contributed by atoms with van der Waals surface area (Å²) in [6.45, 7) is 4.29. The molecule has 0 fully saturated rings. The highest BCUT2D eigenvalue weighted by Crippen LogP contribution is 2.08. The number of rotatable bonds is 6. The lowest BCUT2D eigenvalue weighted by Crippen LogP contribution is -2.48. The molecule has 0 heterocycles. The molecule has 0 aliphatic rings. The Labute approximate surface area is 108 Å². The lowest BCUT2D eigenvalue weighted by atomic mass is 10.0. The van der Waals surface area contributed by atoms with Crippen LogP contribution in [-0.4, -0.2) is 43.6 Å². The van der Waals surface area contributed by atoms with Crippen molar-refractivity contribution in [2.75, 3.05) is 20.7 Å². The number of methoxy groups -OCH3 is 1. The molecule has 18 heavy (non-hydrogen) atoms. The quantitative estimate of drug-likeness (QED) is 0.771. The average molecular weight is 255 g/mol. The maximum Gasteiger partial charge on any atom is 0.407 e. The number of carbonyl (C=O) groups is 2. The molecule has 102 valence electrons. The Morgan fingerprint density at radius 3 is 2.50 bits per heavy atom. The van der Waals surface area contributed by atoms with Crippen molar-refractivity contribution in [2.45, 2.75) is 32.7 Å². The van der Waals surface area contributed by atoms with Gasteiger partial charge in [-0.2, -0.15) is 5.26 Å². The summed E-state index contributed by atoms with van der Waals surface area (Å²) in [6.07, 6.45) is 0.183. The minimum atomic E-state index is -0.623. The molecule has 0 aromatic carbocycles. The van der Waals surface area contributed by atoms with E-state index in [4.69, 9.17) is 5.26 Å². The highest BCUT2D eigenvalue weighted by atomic mass is 16.5. The summed E-state index contributed by atoms with van der Waals surface area (Å²) in [5.41, 5.74) is 0. The Morgan fingerprint density at radius 1 is 1.44 bits per heavy atom. The zero-order chi connectivity index (χ0) is 14.1. The third kappa shape index (κ3) is 6.09. The Bertz CT molecular complexity index is 323. The standard InChI is InChI=1S/C12H21N3O3/c1-9(2)8-10(14-12(17)18-4)11(16)15(3)7-5-6-13/h9-10H,5,7-8H2,1-4H3,(H,14,17). The molecular formula is C12H21N3O3. The van der Waals surface area contributed by atoms with Crippen molar-refractivity contribution in [3.05, 3.63) is 0 Å². The van der Waals surface area contributed by atoms with E-state index in [1.165, 1.54) is 12.0 Å². The number of nitriles is 1. The second kappa shape index (κ2) is 8.34. The van der Waals surface area contributed by atoms with E-state index in [0.29, 0.717) is 13.0 Å². The summed E-state index contributed by atoms with van der Waals surface area (Å²) >= 11 is 0. The largest absolute Gasteiger partial charge is 0.453 e. The SMILES string of the molecule is COC(=O)NC(CC(C)C)C(=O)N(C)CCC#N. The molecule has 0 rings (SSSR count). The molecule has 6 heteroatoms.